The lowest BCUT2D eigenvalue weighted by molar-refractivity contribution is 1.04. The van der Waals surface area contributed by atoms with Crippen molar-refractivity contribution < 1.29 is 0 Å². The van der Waals surface area contributed by atoms with Crippen molar-refractivity contribution in [3.8, 4) is 0 Å². The first-order valence-electron chi connectivity index (χ1n) is 4.49. The molecule has 0 aliphatic heterocycles. The molecular formula is C11H18N2. The van der Waals surface area contributed by atoms with Gasteiger partial charge in [0.2, 0.25) is 0 Å². The standard InChI is InChI=1S/C9H12N2.C2H6/c1-5-11-8(4)6-10-9(11)7(2)3;1-2/h5-6H,1-2H2,3-4H3;1-2H3. The molecule has 1 heterocycles. The van der Waals surface area contributed by atoms with Gasteiger partial charge in [0, 0.05) is 18.1 Å². The molecule has 0 atom stereocenters. The van der Waals surface area contributed by atoms with E-state index in [1.165, 1.54) is 0 Å². The van der Waals surface area contributed by atoms with Crippen LogP contribution in [0.15, 0.2) is 19.4 Å². The van der Waals surface area contributed by atoms with Gasteiger partial charge in [-0.3, -0.25) is 0 Å². The first kappa shape index (κ1) is 11.7. The summed E-state index contributed by atoms with van der Waals surface area (Å²) in [5.74, 6) is 0.887. The van der Waals surface area contributed by atoms with Gasteiger partial charge < -0.3 is 4.57 Å². The number of hydrogen-bond acceptors (Lipinski definition) is 1. The average Bonchev–Trinajstić information content (AvgIpc) is 2.50. The van der Waals surface area contributed by atoms with Gasteiger partial charge in [-0.05, 0) is 19.4 Å². The molecule has 0 fully saturated rings. The zero-order chi connectivity index (χ0) is 10.4. The molecule has 13 heavy (non-hydrogen) atoms. The minimum absolute atomic E-state index is 0.887. The van der Waals surface area contributed by atoms with E-state index in [2.05, 4.69) is 18.1 Å². The summed E-state index contributed by atoms with van der Waals surface area (Å²) < 4.78 is 1.92. The van der Waals surface area contributed by atoms with E-state index < -0.39 is 0 Å². The van der Waals surface area contributed by atoms with Crippen LogP contribution in [0.1, 0.15) is 32.3 Å². The summed E-state index contributed by atoms with van der Waals surface area (Å²) >= 11 is 0. The SMILES string of the molecule is C=Cn1c(C)cnc1C(=C)C.CC. The Balaban J connectivity index is 0.000000671. The Bertz CT molecular complexity index is 295. The van der Waals surface area contributed by atoms with Crippen LogP contribution in [0.2, 0.25) is 0 Å². The maximum atomic E-state index is 4.18. The lowest BCUT2D eigenvalue weighted by Gasteiger charge is -2.01. The third-order valence-corrected chi connectivity index (χ3v) is 1.55. The van der Waals surface area contributed by atoms with Gasteiger partial charge in [-0.2, -0.15) is 0 Å². The second kappa shape index (κ2) is 5.36. The average molecular weight is 178 g/mol. The minimum atomic E-state index is 0.887. The second-order valence-electron chi connectivity index (χ2n) is 2.56. The summed E-state index contributed by atoms with van der Waals surface area (Å²) in [6.45, 7) is 15.4. The highest BCUT2D eigenvalue weighted by atomic mass is 15.1. The van der Waals surface area contributed by atoms with Crippen molar-refractivity contribution in [2.75, 3.05) is 0 Å². The number of imidazole rings is 1. The Hall–Kier alpha value is -1.31. The van der Waals surface area contributed by atoms with Crippen molar-refractivity contribution in [3.05, 3.63) is 30.9 Å². The fourth-order valence-corrected chi connectivity index (χ4v) is 0.992. The van der Waals surface area contributed by atoms with Crippen molar-refractivity contribution >= 4 is 11.8 Å². The van der Waals surface area contributed by atoms with E-state index in [-0.39, 0.29) is 0 Å². The molecule has 72 valence electrons. The van der Waals surface area contributed by atoms with Crippen molar-refractivity contribution in [1.29, 1.82) is 0 Å². The van der Waals surface area contributed by atoms with Crippen molar-refractivity contribution in [2.24, 2.45) is 0 Å². The Morgan fingerprint density at radius 2 is 2.08 bits per heavy atom. The zero-order valence-corrected chi connectivity index (χ0v) is 8.96. The third-order valence-electron chi connectivity index (χ3n) is 1.55. The molecule has 0 N–H and O–H groups in total. The fourth-order valence-electron chi connectivity index (χ4n) is 0.992. The highest BCUT2D eigenvalue weighted by Crippen LogP contribution is 2.11. The van der Waals surface area contributed by atoms with Crippen molar-refractivity contribution in [3.63, 3.8) is 0 Å². The number of allylic oxidation sites excluding steroid dienone is 1. The fraction of sp³-hybridized carbons (Fsp3) is 0.364. The maximum Gasteiger partial charge on any atom is 0.139 e. The summed E-state index contributed by atoms with van der Waals surface area (Å²) in [5, 5.41) is 0. The molecule has 0 bridgehead atoms. The minimum Gasteiger partial charge on any atom is -0.305 e. The molecule has 0 unspecified atom stereocenters. The molecule has 1 aromatic heterocycles. The monoisotopic (exact) mass is 178 g/mol. The van der Waals surface area contributed by atoms with Crippen molar-refractivity contribution in [2.45, 2.75) is 27.7 Å². The Morgan fingerprint density at radius 1 is 1.54 bits per heavy atom. The number of hydrogen-bond donors (Lipinski definition) is 0. The molecule has 2 heteroatoms. The van der Waals surface area contributed by atoms with E-state index in [1.807, 2.05) is 38.5 Å². The van der Waals surface area contributed by atoms with Gasteiger partial charge in [-0.15, -0.1) is 0 Å². The van der Waals surface area contributed by atoms with Crippen LogP contribution in [-0.4, -0.2) is 9.55 Å². The quantitative estimate of drug-likeness (QED) is 0.679. The molecule has 0 aromatic carbocycles. The highest BCUT2D eigenvalue weighted by molar-refractivity contribution is 5.57. The van der Waals surface area contributed by atoms with Crippen LogP contribution in [-0.2, 0) is 0 Å². The molecule has 0 spiro atoms. The predicted molar refractivity (Wildman–Crippen MR) is 59.4 cm³/mol. The summed E-state index contributed by atoms with van der Waals surface area (Å²) in [4.78, 5) is 4.18. The lowest BCUT2D eigenvalue weighted by atomic mass is 10.3. The number of rotatable bonds is 2. The Morgan fingerprint density at radius 3 is 2.38 bits per heavy atom. The normalized spacial score (nSPS) is 8.62. The van der Waals surface area contributed by atoms with Crippen LogP contribution < -0.4 is 0 Å². The van der Waals surface area contributed by atoms with Gasteiger partial charge in [0.05, 0.1) is 0 Å². The molecule has 0 aliphatic rings. The summed E-state index contributed by atoms with van der Waals surface area (Å²) in [7, 11) is 0. The van der Waals surface area contributed by atoms with E-state index in [1.54, 1.807) is 6.20 Å². The van der Waals surface area contributed by atoms with Gasteiger partial charge in [-0.25, -0.2) is 4.98 Å². The van der Waals surface area contributed by atoms with E-state index in [0.29, 0.717) is 0 Å². The van der Waals surface area contributed by atoms with Gasteiger partial charge in [0.1, 0.15) is 5.82 Å². The lowest BCUT2D eigenvalue weighted by Crippen LogP contribution is -1.94. The van der Waals surface area contributed by atoms with Crippen LogP contribution in [0.3, 0.4) is 0 Å². The molecule has 0 aliphatic carbocycles. The van der Waals surface area contributed by atoms with Gasteiger partial charge in [0.15, 0.2) is 0 Å². The summed E-state index contributed by atoms with van der Waals surface area (Å²) in [6.07, 6.45) is 3.55. The number of aromatic nitrogens is 2. The first-order chi connectivity index (χ1) is 6.16. The van der Waals surface area contributed by atoms with E-state index in [4.69, 9.17) is 0 Å². The largest absolute Gasteiger partial charge is 0.305 e. The second-order valence-corrected chi connectivity index (χ2v) is 2.56. The molecule has 0 saturated carbocycles. The molecule has 0 amide bonds. The Kier molecular flexibility index (Phi) is 4.82. The molecule has 2 nitrogen and oxygen atoms in total. The topological polar surface area (TPSA) is 17.8 Å². The maximum absolute atomic E-state index is 4.18. The summed E-state index contributed by atoms with van der Waals surface area (Å²) in [5.41, 5.74) is 2.04. The van der Waals surface area contributed by atoms with E-state index >= 15 is 0 Å². The molecule has 0 radical (unpaired) electrons. The predicted octanol–water partition coefficient (Wildman–Crippen LogP) is 3.35. The van der Waals surface area contributed by atoms with Crippen LogP contribution in [0.5, 0.6) is 0 Å². The molecular weight excluding hydrogens is 160 g/mol. The van der Waals surface area contributed by atoms with Crippen LogP contribution in [0.25, 0.3) is 11.8 Å². The van der Waals surface area contributed by atoms with Gasteiger partial charge >= 0.3 is 0 Å². The smallest absolute Gasteiger partial charge is 0.139 e. The molecule has 1 rings (SSSR count). The van der Waals surface area contributed by atoms with Crippen molar-refractivity contribution in [1.82, 2.24) is 9.55 Å². The Labute approximate surface area is 80.6 Å². The van der Waals surface area contributed by atoms with Gasteiger partial charge in [-0.1, -0.05) is 27.0 Å². The van der Waals surface area contributed by atoms with Crippen LogP contribution in [0, 0.1) is 6.92 Å². The van der Waals surface area contributed by atoms with E-state index in [9.17, 15) is 0 Å². The van der Waals surface area contributed by atoms with E-state index in [0.717, 1.165) is 17.1 Å². The number of nitrogens with zero attached hydrogens (tertiary/aromatic N) is 2. The van der Waals surface area contributed by atoms with Crippen LogP contribution in [0.4, 0.5) is 0 Å². The molecule has 1 aromatic rings. The van der Waals surface area contributed by atoms with Gasteiger partial charge in [0.25, 0.3) is 0 Å². The molecule has 0 saturated heterocycles. The zero-order valence-electron chi connectivity index (χ0n) is 8.96. The van der Waals surface area contributed by atoms with Crippen LogP contribution >= 0.6 is 0 Å². The first-order valence-corrected chi connectivity index (χ1v) is 4.49. The summed E-state index contributed by atoms with van der Waals surface area (Å²) in [6, 6.07) is 0. The number of aryl methyl sites for hydroxylation is 1. The highest BCUT2D eigenvalue weighted by Gasteiger charge is 2.02. The third kappa shape index (κ3) is 2.58.